The third-order valence-electron chi connectivity index (χ3n) is 3.18. The molecule has 0 amide bonds. The number of thiophene rings is 1. The van der Waals surface area contributed by atoms with Gasteiger partial charge in [0.05, 0.1) is 23.6 Å². The van der Waals surface area contributed by atoms with Gasteiger partial charge in [-0.15, -0.1) is 22.7 Å². The second-order valence-electron chi connectivity index (χ2n) is 4.92. The zero-order valence-corrected chi connectivity index (χ0v) is 14.6. The fourth-order valence-electron chi connectivity index (χ4n) is 2.19. The van der Waals surface area contributed by atoms with E-state index >= 15 is 0 Å². The first-order valence-corrected chi connectivity index (χ1v) is 9.10. The Hall–Kier alpha value is -2.38. The fraction of sp³-hybridized carbons (Fsp3) is 0.176. The van der Waals surface area contributed by atoms with Crippen molar-refractivity contribution < 1.29 is 14.6 Å². The molecule has 124 valence electrons. The van der Waals surface area contributed by atoms with Crippen molar-refractivity contribution in [3.8, 4) is 16.3 Å². The maximum atomic E-state index is 11.1. The Morgan fingerprint density at radius 2 is 2.08 bits per heavy atom. The number of rotatable bonds is 7. The molecule has 3 rings (SSSR count). The van der Waals surface area contributed by atoms with Crippen molar-refractivity contribution in [3.63, 3.8) is 0 Å². The number of carbonyl (C=O) groups is 1. The highest BCUT2D eigenvalue weighted by Crippen LogP contribution is 2.35. The molecule has 0 radical (unpaired) electrons. The van der Waals surface area contributed by atoms with Crippen LogP contribution in [0.4, 0.5) is 10.8 Å². The van der Waals surface area contributed by atoms with Gasteiger partial charge in [-0.2, -0.15) is 0 Å². The first kappa shape index (κ1) is 16.5. The largest absolute Gasteiger partial charge is 0.494 e. The molecule has 0 fully saturated rings. The van der Waals surface area contributed by atoms with Gasteiger partial charge in [0.2, 0.25) is 0 Å². The Kier molecular flexibility index (Phi) is 5.12. The first-order chi connectivity index (χ1) is 11.7. The summed E-state index contributed by atoms with van der Waals surface area (Å²) in [6, 6.07) is 11.5. The number of benzene rings is 1. The number of nitrogens with zero attached hydrogens (tertiary/aromatic N) is 1. The van der Waals surface area contributed by atoms with Crippen molar-refractivity contribution in [1.82, 2.24) is 4.98 Å². The highest BCUT2D eigenvalue weighted by molar-refractivity contribution is 7.17. The average molecular weight is 360 g/mol. The highest BCUT2D eigenvalue weighted by atomic mass is 32.1. The van der Waals surface area contributed by atoms with Gasteiger partial charge < -0.3 is 15.2 Å². The zero-order chi connectivity index (χ0) is 16.9. The van der Waals surface area contributed by atoms with Gasteiger partial charge >= 0.3 is 5.97 Å². The summed E-state index contributed by atoms with van der Waals surface area (Å²) in [4.78, 5) is 17.4. The summed E-state index contributed by atoms with van der Waals surface area (Å²) in [5, 5.41) is 15.0. The van der Waals surface area contributed by atoms with Crippen LogP contribution in [0.2, 0.25) is 0 Å². The number of carboxylic acids is 1. The number of hydrogen-bond acceptors (Lipinski definition) is 6. The van der Waals surface area contributed by atoms with Gasteiger partial charge in [0.1, 0.15) is 5.75 Å². The monoisotopic (exact) mass is 360 g/mol. The lowest BCUT2D eigenvalue weighted by Crippen LogP contribution is -1.98. The van der Waals surface area contributed by atoms with Crippen molar-refractivity contribution in [2.45, 2.75) is 13.3 Å². The van der Waals surface area contributed by atoms with Gasteiger partial charge in [-0.1, -0.05) is 6.07 Å². The zero-order valence-electron chi connectivity index (χ0n) is 13.0. The molecule has 0 saturated carbocycles. The highest BCUT2D eigenvalue weighted by Gasteiger charge is 2.16. The standard InChI is InChI=1S/C17H16N2O3S2/c1-2-22-12-7-5-11(6-8-12)18-17-19-16(13-4-3-9-23-13)14(24-17)10-15(20)21/h3-9H,2,10H2,1H3,(H,18,19)(H,20,21). The van der Waals surface area contributed by atoms with E-state index in [4.69, 9.17) is 9.84 Å². The third kappa shape index (κ3) is 3.93. The summed E-state index contributed by atoms with van der Waals surface area (Å²) in [6.45, 7) is 2.57. The van der Waals surface area contributed by atoms with Gasteiger partial charge in [0.15, 0.2) is 5.13 Å². The van der Waals surface area contributed by atoms with E-state index in [-0.39, 0.29) is 6.42 Å². The Morgan fingerprint density at radius 3 is 2.71 bits per heavy atom. The Balaban J connectivity index is 1.84. The summed E-state index contributed by atoms with van der Waals surface area (Å²) >= 11 is 2.92. The first-order valence-electron chi connectivity index (χ1n) is 7.41. The molecule has 7 heteroatoms. The minimum Gasteiger partial charge on any atom is -0.494 e. The van der Waals surface area contributed by atoms with Crippen LogP contribution in [-0.2, 0) is 11.2 Å². The van der Waals surface area contributed by atoms with Crippen LogP contribution in [0.5, 0.6) is 5.75 Å². The number of hydrogen-bond donors (Lipinski definition) is 2. The summed E-state index contributed by atoms with van der Waals surface area (Å²) in [5.41, 5.74) is 1.62. The molecular formula is C17H16N2O3S2. The second-order valence-corrected chi connectivity index (χ2v) is 6.95. The summed E-state index contributed by atoms with van der Waals surface area (Å²) < 4.78 is 5.42. The number of carboxylic acid groups (broad SMARTS) is 1. The van der Waals surface area contributed by atoms with Crippen LogP contribution in [0.3, 0.4) is 0 Å². The van der Waals surface area contributed by atoms with E-state index in [9.17, 15) is 4.79 Å². The molecular weight excluding hydrogens is 344 g/mol. The van der Waals surface area contributed by atoms with Gasteiger partial charge in [-0.25, -0.2) is 4.98 Å². The molecule has 5 nitrogen and oxygen atoms in total. The van der Waals surface area contributed by atoms with Crippen LogP contribution in [0.25, 0.3) is 10.6 Å². The SMILES string of the molecule is CCOc1ccc(Nc2nc(-c3cccs3)c(CC(=O)O)s2)cc1. The molecule has 0 saturated heterocycles. The molecule has 0 bridgehead atoms. The van der Waals surface area contributed by atoms with Crippen molar-refractivity contribution in [2.75, 3.05) is 11.9 Å². The molecule has 3 aromatic rings. The van der Waals surface area contributed by atoms with Crippen LogP contribution in [0, 0.1) is 0 Å². The Morgan fingerprint density at radius 1 is 1.29 bits per heavy atom. The normalized spacial score (nSPS) is 10.5. The van der Waals surface area contributed by atoms with E-state index in [1.165, 1.54) is 11.3 Å². The molecule has 2 heterocycles. The van der Waals surface area contributed by atoms with E-state index in [0.717, 1.165) is 26.9 Å². The molecule has 24 heavy (non-hydrogen) atoms. The van der Waals surface area contributed by atoms with E-state index in [1.54, 1.807) is 11.3 Å². The maximum Gasteiger partial charge on any atom is 0.308 e. The van der Waals surface area contributed by atoms with E-state index in [2.05, 4.69) is 10.3 Å². The third-order valence-corrected chi connectivity index (χ3v) is 5.03. The second kappa shape index (κ2) is 7.46. The van der Waals surface area contributed by atoms with Gasteiger partial charge in [-0.05, 0) is 42.6 Å². The van der Waals surface area contributed by atoms with E-state index < -0.39 is 5.97 Å². The predicted octanol–water partition coefficient (Wildman–Crippen LogP) is 4.64. The number of thiazole rings is 1. The van der Waals surface area contributed by atoms with E-state index in [0.29, 0.717) is 11.7 Å². The average Bonchev–Trinajstić information content (AvgIpc) is 3.19. The van der Waals surface area contributed by atoms with Crippen LogP contribution in [0.1, 0.15) is 11.8 Å². The van der Waals surface area contributed by atoms with Gasteiger partial charge in [0.25, 0.3) is 0 Å². The van der Waals surface area contributed by atoms with Gasteiger partial charge in [-0.3, -0.25) is 4.79 Å². The number of anilines is 2. The molecule has 2 aromatic heterocycles. The van der Waals surface area contributed by atoms with Gasteiger partial charge in [0, 0.05) is 10.6 Å². The molecule has 0 unspecified atom stereocenters. The molecule has 1 aromatic carbocycles. The van der Waals surface area contributed by atoms with Crippen molar-refractivity contribution >= 4 is 39.5 Å². The Labute approximate surface area is 147 Å². The number of ether oxygens (including phenoxy) is 1. The number of nitrogens with one attached hydrogen (secondary N) is 1. The molecule has 0 aliphatic rings. The molecule has 0 aliphatic carbocycles. The number of aliphatic carboxylic acids is 1. The summed E-state index contributed by atoms with van der Waals surface area (Å²) in [6.07, 6.45) is -0.0319. The lowest BCUT2D eigenvalue weighted by atomic mass is 10.2. The van der Waals surface area contributed by atoms with Crippen LogP contribution in [0.15, 0.2) is 41.8 Å². The Bertz CT molecular complexity index is 811. The van der Waals surface area contributed by atoms with Crippen LogP contribution < -0.4 is 10.1 Å². The molecule has 2 N–H and O–H groups in total. The fourth-order valence-corrected chi connectivity index (χ4v) is 3.99. The molecule has 0 atom stereocenters. The van der Waals surface area contributed by atoms with E-state index in [1.807, 2.05) is 48.7 Å². The molecule has 0 spiro atoms. The quantitative estimate of drug-likeness (QED) is 0.642. The predicted molar refractivity (Wildman–Crippen MR) is 97.7 cm³/mol. The summed E-state index contributed by atoms with van der Waals surface area (Å²) in [7, 11) is 0. The summed E-state index contributed by atoms with van der Waals surface area (Å²) in [5.74, 6) is -0.0443. The van der Waals surface area contributed by atoms with Crippen molar-refractivity contribution in [2.24, 2.45) is 0 Å². The molecule has 0 aliphatic heterocycles. The maximum absolute atomic E-state index is 11.1. The van der Waals surface area contributed by atoms with Crippen LogP contribution in [-0.4, -0.2) is 22.7 Å². The topological polar surface area (TPSA) is 71.5 Å². The van der Waals surface area contributed by atoms with Crippen molar-refractivity contribution in [1.29, 1.82) is 0 Å². The van der Waals surface area contributed by atoms with Crippen molar-refractivity contribution in [3.05, 3.63) is 46.7 Å². The smallest absolute Gasteiger partial charge is 0.308 e. The van der Waals surface area contributed by atoms with Crippen LogP contribution >= 0.6 is 22.7 Å². The minimum absolute atomic E-state index is 0.0319. The lowest BCUT2D eigenvalue weighted by molar-refractivity contribution is -0.136. The number of aromatic nitrogens is 1. The minimum atomic E-state index is -0.857. The lowest BCUT2D eigenvalue weighted by Gasteiger charge is -2.05.